The Bertz CT molecular complexity index is 885. The molecule has 0 aromatic heterocycles. The van der Waals surface area contributed by atoms with Crippen LogP contribution >= 0.6 is 7.60 Å². The average Bonchev–Trinajstić information content (AvgIpc) is 2.72. The quantitative estimate of drug-likeness (QED) is 0.414. The maximum Gasteiger partial charge on any atom is 0.408 e. The van der Waals surface area contributed by atoms with Crippen LogP contribution in [0, 0.1) is 5.92 Å². The van der Waals surface area contributed by atoms with E-state index in [2.05, 4.69) is 10.6 Å². The SMILES string of the molecule is CC(C)C[C@H](NC(=O)[C@H](Cc1ccccc1)NC(=O)OCc1ccccc1)P(=O)(O)O. The highest BCUT2D eigenvalue weighted by Crippen LogP contribution is 2.42. The first-order valence-electron chi connectivity index (χ1n) is 10.0. The first-order valence-corrected chi connectivity index (χ1v) is 11.7. The van der Waals surface area contributed by atoms with Crippen LogP contribution in [-0.2, 0) is 27.1 Å². The molecule has 0 radical (unpaired) electrons. The van der Waals surface area contributed by atoms with Crippen molar-refractivity contribution in [2.45, 2.75) is 45.1 Å². The van der Waals surface area contributed by atoms with Gasteiger partial charge < -0.3 is 25.2 Å². The van der Waals surface area contributed by atoms with Crippen molar-refractivity contribution in [1.29, 1.82) is 0 Å². The molecular formula is C22H29N2O6P. The van der Waals surface area contributed by atoms with Crippen molar-refractivity contribution < 1.29 is 28.7 Å². The molecule has 0 aliphatic carbocycles. The third-order valence-corrected chi connectivity index (χ3v) is 5.67. The summed E-state index contributed by atoms with van der Waals surface area (Å²) >= 11 is 0. The molecule has 0 bridgehead atoms. The molecule has 0 fully saturated rings. The molecule has 0 saturated heterocycles. The minimum Gasteiger partial charge on any atom is -0.445 e. The third kappa shape index (κ3) is 8.92. The van der Waals surface area contributed by atoms with Gasteiger partial charge in [0.2, 0.25) is 5.91 Å². The minimum absolute atomic E-state index is 0.0325. The Morgan fingerprint density at radius 3 is 2.00 bits per heavy atom. The lowest BCUT2D eigenvalue weighted by atomic mass is 10.1. The van der Waals surface area contributed by atoms with E-state index < -0.39 is 31.4 Å². The number of carbonyl (C=O) groups is 2. The van der Waals surface area contributed by atoms with E-state index in [0.717, 1.165) is 11.1 Å². The topological polar surface area (TPSA) is 125 Å². The number of carbonyl (C=O) groups excluding carboxylic acids is 2. The fourth-order valence-electron chi connectivity index (χ4n) is 2.96. The second-order valence-corrected chi connectivity index (χ2v) is 9.49. The molecule has 168 valence electrons. The Labute approximate surface area is 182 Å². The van der Waals surface area contributed by atoms with Gasteiger partial charge >= 0.3 is 13.7 Å². The average molecular weight is 448 g/mol. The monoisotopic (exact) mass is 448 g/mol. The molecule has 0 heterocycles. The predicted molar refractivity (Wildman–Crippen MR) is 117 cm³/mol. The summed E-state index contributed by atoms with van der Waals surface area (Å²) < 4.78 is 17.0. The van der Waals surface area contributed by atoms with E-state index >= 15 is 0 Å². The number of hydrogen-bond acceptors (Lipinski definition) is 4. The van der Waals surface area contributed by atoms with Crippen molar-refractivity contribution in [2.24, 2.45) is 5.92 Å². The van der Waals surface area contributed by atoms with Crippen molar-refractivity contribution >= 4 is 19.6 Å². The lowest BCUT2D eigenvalue weighted by Gasteiger charge is -2.25. The van der Waals surface area contributed by atoms with Gasteiger partial charge in [-0.2, -0.15) is 0 Å². The molecular weight excluding hydrogens is 419 g/mol. The van der Waals surface area contributed by atoms with Crippen LogP contribution < -0.4 is 10.6 Å². The van der Waals surface area contributed by atoms with E-state index in [1.54, 1.807) is 50.2 Å². The summed E-state index contributed by atoms with van der Waals surface area (Å²) in [6.45, 7) is 3.63. The van der Waals surface area contributed by atoms with E-state index in [1.165, 1.54) is 0 Å². The number of rotatable bonds is 10. The lowest BCUT2D eigenvalue weighted by molar-refractivity contribution is -0.123. The van der Waals surface area contributed by atoms with Crippen molar-refractivity contribution in [3.63, 3.8) is 0 Å². The van der Waals surface area contributed by atoms with Gasteiger partial charge in [0.05, 0.1) is 0 Å². The molecule has 2 aromatic carbocycles. The fraction of sp³-hybridized carbons (Fsp3) is 0.364. The highest BCUT2D eigenvalue weighted by Gasteiger charge is 2.33. The van der Waals surface area contributed by atoms with Crippen molar-refractivity contribution in [1.82, 2.24) is 10.6 Å². The van der Waals surface area contributed by atoms with Gasteiger partial charge in [-0.1, -0.05) is 74.5 Å². The zero-order valence-electron chi connectivity index (χ0n) is 17.6. The van der Waals surface area contributed by atoms with Crippen molar-refractivity contribution in [3.05, 3.63) is 71.8 Å². The molecule has 8 nitrogen and oxygen atoms in total. The van der Waals surface area contributed by atoms with Crippen LogP contribution in [0.5, 0.6) is 0 Å². The van der Waals surface area contributed by atoms with Crippen LogP contribution in [0.15, 0.2) is 60.7 Å². The van der Waals surface area contributed by atoms with Gasteiger partial charge in [0.25, 0.3) is 0 Å². The van der Waals surface area contributed by atoms with E-state index in [1.807, 2.05) is 24.3 Å². The summed E-state index contributed by atoms with van der Waals surface area (Å²) in [6, 6.07) is 17.0. The smallest absolute Gasteiger partial charge is 0.408 e. The predicted octanol–water partition coefficient (Wildman–Crippen LogP) is 3.19. The van der Waals surface area contributed by atoms with E-state index in [4.69, 9.17) is 4.74 Å². The molecule has 4 N–H and O–H groups in total. The molecule has 2 amide bonds. The number of benzene rings is 2. The van der Waals surface area contributed by atoms with Crippen molar-refractivity contribution in [2.75, 3.05) is 0 Å². The van der Waals surface area contributed by atoms with E-state index in [0.29, 0.717) is 0 Å². The Morgan fingerprint density at radius 2 is 1.48 bits per heavy atom. The molecule has 2 aromatic rings. The van der Waals surface area contributed by atoms with Crippen LogP contribution in [0.3, 0.4) is 0 Å². The first kappa shape index (κ1) is 24.6. The van der Waals surface area contributed by atoms with Crippen LogP contribution in [0.2, 0.25) is 0 Å². The summed E-state index contributed by atoms with van der Waals surface area (Å²) in [5.41, 5.74) is 1.57. The van der Waals surface area contributed by atoms with Gasteiger partial charge in [0, 0.05) is 6.42 Å². The molecule has 0 unspecified atom stereocenters. The molecule has 0 spiro atoms. The van der Waals surface area contributed by atoms with Crippen LogP contribution in [0.25, 0.3) is 0 Å². The maximum atomic E-state index is 12.9. The normalized spacial score (nSPS) is 13.3. The van der Waals surface area contributed by atoms with Crippen LogP contribution in [0.1, 0.15) is 31.4 Å². The molecule has 0 aliphatic heterocycles. The highest BCUT2D eigenvalue weighted by molar-refractivity contribution is 7.52. The molecule has 9 heteroatoms. The van der Waals surface area contributed by atoms with Gasteiger partial charge in [0.15, 0.2) is 0 Å². The number of nitrogens with one attached hydrogen (secondary N) is 2. The summed E-state index contributed by atoms with van der Waals surface area (Å²) in [5.74, 6) is -2.07. The summed E-state index contributed by atoms with van der Waals surface area (Å²) in [4.78, 5) is 44.4. The number of amides is 2. The number of hydrogen-bond donors (Lipinski definition) is 4. The molecule has 0 saturated carbocycles. The Balaban J connectivity index is 2.10. The lowest BCUT2D eigenvalue weighted by Crippen LogP contribution is -2.51. The van der Waals surface area contributed by atoms with Gasteiger partial charge in [0.1, 0.15) is 18.4 Å². The maximum absolute atomic E-state index is 12.9. The van der Waals surface area contributed by atoms with Crippen LogP contribution in [-0.4, -0.2) is 33.6 Å². The Morgan fingerprint density at radius 1 is 0.935 bits per heavy atom. The van der Waals surface area contributed by atoms with E-state index in [-0.39, 0.29) is 25.4 Å². The van der Waals surface area contributed by atoms with E-state index in [9.17, 15) is 23.9 Å². The van der Waals surface area contributed by atoms with Gasteiger partial charge in [-0.15, -0.1) is 0 Å². The zero-order chi connectivity index (χ0) is 22.9. The molecule has 2 rings (SSSR count). The Hall–Kier alpha value is -2.67. The van der Waals surface area contributed by atoms with Gasteiger partial charge in [-0.05, 0) is 23.5 Å². The molecule has 2 atom stereocenters. The van der Waals surface area contributed by atoms with Gasteiger partial charge in [-0.3, -0.25) is 9.36 Å². The number of ether oxygens (including phenoxy) is 1. The van der Waals surface area contributed by atoms with Gasteiger partial charge in [-0.25, -0.2) is 4.79 Å². The second-order valence-electron chi connectivity index (χ2n) is 7.69. The Kier molecular flexibility index (Phi) is 9.24. The number of alkyl carbamates (subject to hydrolysis) is 1. The first-order chi connectivity index (χ1) is 14.6. The summed E-state index contributed by atoms with van der Waals surface area (Å²) in [7, 11) is -4.57. The molecule has 0 aliphatic rings. The minimum atomic E-state index is -4.57. The summed E-state index contributed by atoms with van der Waals surface area (Å²) in [5, 5.41) is 4.93. The third-order valence-electron chi connectivity index (χ3n) is 4.51. The second kappa shape index (κ2) is 11.6. The molecule has 31 heavy (non-hydrogen) atoms. The summed E-state index contributed by atoms with van der Waals surface area (Å²) in [6.07, 6.45) is -0.550. The standard InChI is InChI=1S/C22H29N2O6P/c1-16(2)13-20(31(27,28)29)24-21(25)19(14-17-9-5-3-6-10-17)23-22(26)30-15-18-11-7-4-8-12-18/h3-12,16,19-20H,13-15H2,1-2H3,(H,23,26)(H,24,25)(H2,27,28,29)/t19-,20+/m0/s1. The fourth-order valence-corrected chi connectivity index (χ4v) is 3.95. The zero-order valence-corrected chi connectivity index (χ0v) is 18.5. The van der Waals surface area contributed by atoms with Crippen molar-refractivity contribution in [3.8, 4) is 0 Å². The highest BCUT2D eigenvalue weighted by atomic mass is 31.2. The largest absolute Gasteiger partial charge is 0.445 e. The van der Waals surface area contributed by atoms with Crippen LogP contribution in [0.4, 0.5) is 4.79 Å².